The van der Waals surface area contributed by atoms with Crippen molar-refractivity contribution in [2.75, 3.05) is 11.9 Å². The lowest BCUT2D eigenvalue weighted by Crippen LogP contribution is -2.21. The molecule has 5 nitrogen and oxygen atoms in total. The molecule has 1 amide bonds. The minimum atomic E-state index is -0.634. The first-order valence-electron chi connectivity index (χ1n) is 9.17. The first kappa shape index (κ1) is 18.4. The highest BCUT2D eigenvalue weighted by molar-refractivity contribution is 5.96. The number of rotatable bonds is 5. The van der Waals surface area contributed by atoms with Gasteiger partial charge in [-0.25, -0.2) is 9.78 Å². The van der Waals surface area contributed by atoms with Crippen LogP contribution in [0.4, 0.5) is 5.69 Å². The van der Waals surface area contributed by atoms with Crippen molar-refractivity contribution in [3.05, 3.63) is 96.7 Å². The molecule has 0 saturated heterocycles. The highest BCUT2D eigenvalue weighted by Gasteiger charge is 2.12. The Morgan fingerprint density at radius 3 is 2.24 bits per heavy atom. The number of ether oxygens (including phenoxy) is 1. The molecule has 1 N–H and O–H groups in total. The van der Waals surface area contributed by atoms with Crippen molar-refractivity contribution in [1.29, 1.82) is 0 Å². The van der Waals surface area contributed by atoms with E-state index in [9.17, 15) is 9.59 Å². The topological polar surface area (TPSA) is 68.3 Å². The number of nitrogens with zero attached hydrogens (tertiary/aromatic N) is 1. The molecule has 1 aromatic heterocycles. The van der Waals surface area contributed by atoms with Gasteiger partial charge in [0.15, 0.2) is 6.61 Å². The van der Waals surface area contributed by atoms with Crippen molar-refractivity contribution < 1.29 is 14.3 Å². The number of pyridine rings is 1. The normalized spacial score (nSPS) is 10.5. The van der Waals surface area contributed by atoms with Gasteiger partial charge in [0, 0.05) is 11.1 Å². The van der Waals surface area contributed by atoms with E-state index >= 15 is 0 Å². The van der Waals surface area contributed by atoms with E-state index in [1.54, 1.807) is 12.1 Å². The van der Waals surface area contributed by atoms with Crippen LogP contribution in [0.3, 0.4) is 0 Å². The van der Waals surface area contributed by atoms with Gasteiger partial charge in [-0.1, -0.05) is 66.7 Å². The molecule has 142 valence electrons. The maximum absolute atomic E-state index is 12.2. The fourth-order valence-corrected chi connectivity index (χ4v) is 2.96. The fourth-order valence-electron chi connectivity index (χ4n) is 2.96. The second-order valence-electron chi connectivity index (χ2n) is 6.46. The van der Waals surface area contributed by atoms with Crippen LogP contribution in [0.25, 0.3) is 22.0 Å². The van der Waals surface area contributed by atoms with E-state index in [1.165, 1.54) is 0 Å². The van der Waals surface area contributed by atoms with Crippen molar-refractivity contribution in [2.24, 2.45) is 0 Å². The molecule has 1 heterocycles. The van der Waals surface area contributed by atoms with Gasteiger partial charge < -0.3 is 10.1 Å². The molecule has 4 aromatic rings. The number of esters is 1. The van der Waals surface area contributed by atoms with Gasteiger partial charge in [0.2, 0.25) is 0 Å². The Bertz CT molecular complexity index is 1160. The third-order valence-electron chi connectivity index (χ3n) is 4.42. The van der Waals surface area contributed by atoms with Crippen molar-refractivity contribution >= 4 is 28.5 Å². The molecular weight excluding hydrogens is 364 g/mol. The summed E-state index contributed by atoms with van der Waals surface area (Å²) in [7, 11) is 0. The van der Waals surface area contributed by atoms with Crippen LogP contribution >= 0.6 is 0 Å². The number of para-hydroxylation sites is 1. The summed E-state index contributed by atoms with van der Waals surface area (Å²) in [5.74, 6) is -1.04. The fraction of sp³-hybridized carbons (Fsp3) is 0.0417. The number of nitrogens with one attached hydrogen (secondary N) is 1. The van der Waals surface area contributed by atoms with Crippen LogP contribution in [0, 0.1) is 0 Å². The lowest BCUT2D eigenvalue weighted by molar-refractivity contribution is -0.119. The molecule has 29 heavy (non-hydrogen) atoms. The minimum absolute atomic E-state index is 0.170. The van der Waals surface area contributed by atoms with Crippen molar-refractivity contribution in [1.82, 2.24) is 4.98 Å². The van der Waals surface area contributed by atoms with Crippen LogP contribution in [0.15, 0.2) is 91.0 Å². The van der Waals surface area contributed by atoms with E-state index in [-0.39, 0.29) is 12.3 Å². The molecule has 0 bridgehead atoms. The van der Waals surface area contributed by atoms with E-state index in [2.05, 4.69) is 10.3 Å². The number of benzene rings is 3. The predicted octanol–water partition coefficient (Wildman–Crippen LogP) is 4.70. The predicted molar refractivity (Wildman–Crippen MR) is 113 cm³/mol. The standard InChI is InChI=1S/C24H18N2O3/c27-23(25-20-13-10-18(11-14-20)17-6-2-1-3-7-17)16-29-24(28)22-15-12-19-8-4-5-9-21(19)26-22/h1-15H,16H2,(H,25,27). The summed E-state index contributed by atoms with van der Waals surface area (Å²) in [6.45, 7) is -0.381. The van der Waals surface area contributed by atoms with E-state index < -0.39 is 11.9 Å². The van der Waals surface area contributed by atoms with Gasteiger partial charge in [0.1, 0.15) is 5.69 Å². The summed E-state index contributed by atoms with van der Waals surface area (Å²) in [5, 5.41) is 3.65. The first-order valence-corrected chi connectivity index (χ1v) is 9.17. The maximum Gasteiger partial charge on any atom is 0.357 e. The molecule has 0 unspecified atom stereocenters. The SMILES string of the molecule is O=C(COC(=O)c1ccc2ccccc2n1)Nc1ccc(-c2ccccc2)cc1. The zero-order valence-corrected chi connectivity index (χ0v) is 15.5. The lowest BCUT2D eigenvalue weighted by atomic mass is 10.1. The molecule has 0 saturated carbocycles. The van der Waals surface area contributed by atoms with Gasteiger partial charge in [-0.15, -0.1) is 0 Å². The molecule has 4 rings (SSSR count). The van der Waals surface area contributed by atoms with Crippen LogP contribution < -0.4 is 5.32 Å². The largest absolute Gasteiger partial charge is 0.451 e. The first-order chi connectivity index (χ1) is 14.2. The molecule has 0 aliphatic carbocycles. The van der Waals surface area contributed by atoms with Crippen LogP contribution in [-0.4, -0.2) is 23.5 Å². The third kappa shape index (κ3) is 4.47. The van der Waals surface area contributed by atoms with E-state index in [0.29, 0.717) is 11.2 Å². The second-order valence-corrected chi connectivity index (χ2v) is 6.46. The van der Waals surface area contributed by atoms with Crippen LogP contribution in [-0.2, 0) is 9.53 Å². The summed E-state index contributed by atoms with van der Waals surface area (Å²) in [5.41, 5.74) is 3.66. The number of carbonyl (C=O) groups excluding carboxylic acids is 2. The average molecular weight is 382 g/mol. The quantitative estimate of drug-likeness (QED) is 0.508. The summed E-state index contributed by atoms with van der Waals surface area (Å²) < 4.78 is 5.09. The van der Waals surface area contributed by atoms with Crippen LogP contribution in [0.1, 0.15) is 10.5 Å². The number of hydrogen-bond acceptors (Lipinski definition) is 4. The minimum Gasteiger partial charge on any atom is -0.451 e. The Balaban J connectivity index is 1.34. The van der Waals surface area contributed by atoms with Crippen molar-refractivity contribution in [3.8, 4) is 11.1 Å². The zero-order valence-electron chi connectivity index (χ0n) is 15.5. The maximum atomic E-state index is 12.2. The molecule has 0 atom stereocenters. The van der Waals surface area contributed by atoms with Gasteiger partial charge in [-0.05, 0) is 35.4 Å². The number of amides is 1. The number of carbonyl (C=O) groups is 2. The van der Waals surface area contributed by atoms with E-state index in [0.717, 1.165) is 16.5 Å². The Kier molecular flexibility index (Phi) is 5.29. The second kappa shape index (κ2) is 8.35. The lowest BCUT2D eigenvalue weighted by Gasteiger charge is -2.08. The molecule has 0 spiro atoms. The molecule has 0 aliphatic heterocycles. The number of fused-ring (bicyclic) bond motifs is 1. The highest BCUT2D eigenvalue weighted by Crippen LogP contribution is 2.21. The zero-order chi connectivity index (χ0) is 20.1. The Hall–Kier alpha value is -3.99. The molecule has 0 fully saturated rings. The summed E-state index contributed by atoms with van der Waals surface area (Å²) in [4.78, 5) is 28.6. The van der Waals surface area contributed by atoms with Gasteiger partial charge >= 0.3 is 5.97 Å². The van der Waals surface area contributed by atoms with Gasteiger partial charge in [0.05, 0.1) is 5.52 Å². The molecule has 3 aromatic carbocycles. The smallest absolute Gasteiger partial charge is 0.357 e. The number of anilines is 1. The van der Waals surface area contributed by atoms with Crippen molar-refractivity contribution in [3.63, 3.8) is 0 Å². The van der Waals surface area contributed by atoms with E-state index in [1.807, 2.05) is 78.9 Å². The summed E-state index contributed by atoms with van der Waals surface area (Å²) in [6, 6.07) is 28.3. The van der Waals surface area contributed by atoms with Gasteiger partial charge in [0.25, 0.3) is 5.91 Å². The van der Waals surface area contributed by atoms with Crippen LogP contribution in [0.5, 0.6) is 0 Å². The third-order valence-corrected chi connectivity index (χ3v) is 4.42. The molecule has 5 heteroatoms. The van der Waals surface area contributed by atoms with Gasteiger partial charge in [-0.3, -0.25) is 4.79 Å². The summed E-state index contributed by atoms with van der Waals surface area (Å²) >= 11 is 0. The summed E-state index contributed by atoms with van der Waals surface area (Å²) in [6.07, 6.45) is 0. The van der Waals surface area contributed by atoms with Crippen molar-refractivity contribution in [2.45, 2.75) is 0 Å². The van der Waals surface area contributed by atoms with Gasteiger partial charge in [-0.2, -0.15) is 0 Å². The average Bonchev–Trinajstić information content (AvgIpc) is 2.78. The van der Waals surface area contributed by atoms with E-state index in [4.69, 9.17) is 4.74 Å². The molecule has 0 aliphatic rings. The Morgan fingerprint density at radius 1 is 0.759 bits per heavy atom. The molecular formula is C24H18N2O3. The van der Waals surface area contributed by atoms with Crippen LogP contribution in [0.2, 0.25) is 0 Å². The number of hydrogen-bond donors (Lipinski definition) is 1. The monoisotopic (exact) mass is 382 g/mol. The Labute approximate surface area is 168 Å². The Morgan fingerprint density at radius 2 is 1.45 bits per heavy atom. The molecule has 0 radical (unpaired) electrons. The number of aromatic nitrogens is 1. The highest BCUT2D eigenvalue weighted by atomic mass is 16.5.